The summed E-state index contributed by atoms with van der Waals surface area (Å²) in [6, 6.07) is 6.11. The van der Waals surface area contributed by atoms with E-state index in [1.54, 1.807) is 0 Å². The molecule has 1 nitrogen and oxygen atoms in total. The van der Waals surface area contributed by atoms with Crippen molar-refractivity contribution in [3.8, 4) is 0 Å². The Kier molecular flexibility index (Phi) is 3.34. The second-order valence-electron chi connectivity index (χ2n) is 4.03. The Labute approximate surface area is 104 Å². The summed E-state index contributed by atoms with van der Waals surface area (Å²) in [7, 11) is 0. The Bertz CT molecular complexity index is 334. The fraction of sp³-hybridized carbons (Fsp3) is 0.455. The molecule has 76 valence electrons. The van der Waals surface area contributed by atoms with E-state index in [0.29, 0.717) is 0 Å². The molecule has 14 heavy (non-hydrogen) atoms. The summed E-state index contributed by atoms with van der Waals surface area (Å²) in [5.41, 5.74) is 1.35. The van der Waals surface area contributed by atoms with Crippen LogP contribution in [0.15, 0.2) is 18.2 Å². The largest absolute Gasteiger partial charge is 0.298 e. The van der Waals surface area contributed by atoms with Gasteiger partial charge in [-0.2, -0.15) is 0 Å². The van der Waals surface area contributed by atoms with Gasteiger partial charge in [-0.15, -0.1) is 0 Å². The Morgan fingerprint density at radius 3 is 2.86 bits per heavy atom. The van der Waals surface area contributed by atoms with Crippen molar-refractivity contribution < 1.29 is 0 Å². The van der Waals surface area contributed by atoms with Crippen LogP contribution in [0.2, 0.25) is 5.02 Å². The molecule has 0 spiro atoms. The molecule has 1 aliphatic rings. The number of rotatable bonds is 2. The van der Waals surface area contributed by atoms with Crippen LogP contribution in [0.4, 0.5) is 0 Å². The third-order valence-corrected chi connectivity index (χ3v) is 3.83. The summed E-state index contributed by atoms with van der Waals surface area (Å²) in [5, 5.41) is 0.842. The first kappa shape index (κ1) is 10.7. The number of likely N-dealkylation sites (tertiary alicyclic amines) is 1. The molecule has 2 rings (SSSR count). The zero-order valence-electron chi connectivity index (χ0n) is 8.13. The summed E-state index contributed by atoms with van der Waals surface area (Å²) < 4.78 is 1.31. The molecule has 0 bridgehead atoms. The first-order valence-corrected chi connectivity index (χ1v) is 6.27. The average molecular weight is 322 g/mol. The van der Waals surface area contributed by atoms with Gasteiger partial charge in [-0.3, -0.25) is 4.90 Å². The van der Waals surface area contributed by atoms with E-state index >= 15 is 0 Å². The van der Waals surface area contributed by atoms with E-state index in [-0.39, 0.29) is 0 Å². The van der Waals surface area contributed by atoms with Crippen LogP contribution in [-0.4, -0.2) is 18.0 Å². The predicted molar refractivity (Wildman–Crippen MR) is 68.6 cm³/mol. The van der Waals surface area contributed by atoms with E-state index in [0.717, 1.165) is 17.5 Å². The maximum absolute atomic E-state index is 5.97. The van der Waals surface area contributed by atoms with Crippen molar-refractivity contribution in [2.24, 2.45) is 5.92 Å². The highest BCUT2D eigenvalue weighted by Gasteiger charge is 2.22. The smallest absolute Gasteiger partial charge is 0.0409 e. The van der Waals surface area contributed by atoms with Gasteiger partial charge in [0.25, 0.3) is 0 Å². The fourth-order valence-corrected chi connectivity index (χ4v) is 2.56. The van der Waals surface area contributed by atoms with Crippen LogP contribution < -0.4 is 0 Å². The molecule has 0 unspecified atom stereocenters. The molecule has 1 aromatic carbocycles. The van der Waals surface area contributed by atoms with E-state index < -0.39 is 0 Å². The third-order valence-electron chi connectivity index (χ3n) is 2.54. The number of hydrogen-bond donors (Lipinski definition) is 0. The van der Waals surface area contributed by atoms with Crippen molar-refractivity contribution in [3.63, 3.8) is 0 Å². The van der Waals surface area contributed by atoms with E-state index in [1.807, 2.05) is 6.07 Å². The SMILES string of the molecule is CC1CN(Cc2cc(Cl)ccc2I)C1. The molecular formula is C11H13ClIN. The molecular weight excluding hydrogens is 308 g/mol. The van der Waals surface area contributed by atoms with Gasteiger partial charge < -0.3 is 0 Å². The van der Waals surface area contributed by atoms with Crippen LogP contribution in [0.3, 0.4) is 0 Å². The quantitative estimate of drug-likeness (QED) is 0.755. The van der Waals surface area contributed by atoms with Crippen LogP contribution in [-0.2, 0) is 6.54 Å². The van der Waals surface area contributed by atoms with Crippen molar-refractivity contribution in [1.82, 2.24) is 4.90 Å². The van der Waals surface area contributed by atoms with Gasteiger partial charge in [0.2, 0.25) is 0 Å². The molecule has 3 heteroatoms. The summed E-state index contributed by atoms with van der Waals surface area (Å²) in [4.78, 5) is 2.46. The Morgan fingerprint density at radius 2 is 2.21 bits per heavy atom. The topological polar surface area (TPSA) is 3.24 Å². The van der Waals surface area contributed by atoms with Crippen LogP contribution in [0, 0.1) is 9.49 Å². The maximum Gasteiger partial charge on any atom is 0.0409 e. The van der Waals surface area contributed by atoms with Gasteiger partial charge in [0.1, 0.15) is 0 Å². The second kappa shape index (κ2) is 4.37. The van der Waals surface area contributed by atoms with Gasteiger partial charge in [-0.25, -0.2) is 0 Å². The van der Waals surface area contributed by atoms with Crippen molar-refractivity contribution in [2.75, 3.05) is 13.1 Å². The Hall–Kier alpha value is 0.200. The second-order valence-corrected chi connectivity index (χ2v) is 5.63. The van der Waals surface area contributed by atoms with Crippen molar-refractivity contribution in [3.05, 3.63) is 32.4 Å². The minimum absolute atomic E-state index is 0.842. The van der Waals surface area contributed by atoms with E-state index in [1.165, 1.54) is 22.2 Å². The monoisotopic (exact) mass is 321 g/mol. The number of hydrogen-bond acceptors (Lipinski definition) is 1. The minimum atomic E-state index is 0.842. The van der Waals surface area contributed by atoms with Gasteiger partial charge >= 0.3 is 0 Å². The van der Waals surface area contributed by atoms with Crippen LogP contribution in [0.5, 0.6) is 0 Å². The van der Waals surface area contributed by atoms with Crippen molar-refractivity contribution in [2.45, 2.75) is 13.5 Å². The highest BCUT2D eigenvalue weighted by Crippen LogP contribution is 2.23. The Morgan fingerprint density at radius 1 is 1.50 bits per heavy atom. The first-order chi connectivity index (χ1) is 6.65. The lowest BCUT2D eigenvalue weighted by Crippen LogP contribution is -2.44. The number of nitrogens with zero attached hydrogens (tertiary/aromatic N) is 1. The number of halogens is 2. The lowest BCUT2D eigenvalue weighted by molar-refractivity contribution is 0.104. The molecule has 0 aromatic heterocycles. The zero-order chi connectivity index (χ0) is 10.1. The predicted octanol–water partition coefficient (Wildman–Crippen LogP) is 3.40. The highest BCUT2D eigenvalue weighted by molar-refractivity contribution is 14.1. The lowest BCUT2D eigenvalue weighted by atomic mass is 10.0. The highest BCUT2D eigenvalue weighted by atomic mass is 127. The summed E-state index contributed by atoms with van der Waals surface area (Å²) in [5.74, 6) is 0.867. The summed E-state index contributed by atoms with van der Waals surface area (Å²) in [6.07, 6.45) is 0. The molecule has 1 fully saturated rings. The van der Waals surface area contributed by atoms with Gasteiger partial charge in [0, 0.05) is 28.2 Å². The Balaban J connectivity index is 2.05. The summed E-state index contributed by atoms with van der Waals surface area (Å²) >= 11 is 8.34. The standard InChI is InChI=1S/C11H13ClIN/c1-8-5-14(6-8)7-9-4-10(12)2-3-11(9)13/h2-4,8H,5-7H2,1H3. The van der Waals surface area contributed by atoms with E-state index in [2.05, 4.69) is 46.5 Å². The molecule has 0 aliphatic carbocycles. The molecule has 0 radical (unpaired) electrons. The van der Waals surface area contributed by atoms with Gasteiger partial charge in [-0.05, 0) is 52.3 Å². The average Bonchev–Trinajstić information content (AvgIpc) is 2.09. The van der Waals surface area contributed by atoms with Crippen LogP contribution in [0.25, 0.3) is 0 Å². The van der Waals surface area contributed by atoms with Gasteiger partial charge in [0.15, 0.2) is 0 Å². The minimum Gasteiger partial charge on any atom is -0.298 e. The lowest BCUT2D eigenvalue weighted by Gasteiger charge is -2.37. The molecule has 1 saturated heterocycles. The van der Waals surface area contributed by atoms with Crippen LogP contribution >= 0.6 is 34.2 Å². The zero-order valence-corrected chi connectivity index (χ0v) is 11.0. The molecule has 1 heterocycles. The normalized spacial score (nSPS) is 18.2. The van der Waals surface area contributed by atoms with Crippen LogP contribution in [0.1, 0.15) is 12.5 Å². The third kappa shape index (κ3) is 2.41. The van der Waals surface area contributed by atoms with Crippen molar-refractivity contribution >= 4 is 34.2 Å². The molecule has 0 amide bonds. The maximum atomic E-state index is 5.97. The molecule has 0 saturated carbocycles. The molecule has 0 atom stereocenters. The molecule has 1 aliphatic heterocycles. The molecule has 0 N–H and O–H groups in total. The summed E-state index contributed by atoms with van der Waals surface area (Å²) in [6.45, 7) is 5.79. The molecule has 1 aromatic rings. The van der Waals surface area contributed by atoms with Gasteiger partial charge in [-0.1, -0.05) is 18.5 Å². The van der Waals surface area contributed by atoms with E-state index in [4.69, 9.17) is 11.6 Å². The fourth-order valence-electron chi connectivity index (χ4n) is 1.86. The first-order valence-electron chi connectivity index (χ1n) is 4.81. The number of benzene rings is 1. The van der Waals surface area contributed by atoms with Gasteiger partial charge in [0.05, 0.1) is 0 Å². The van der Waals surface area contributed by atoms with Crippen molar-refractivity contribution in [1.29, 1.82) is 0 Å². The van der Waals surface area contributed by atoms with E-state index in [9.17, 15) is 0 Å².